The highest BCUT2D eigenvalue weighted by molar-refractivity contribution is 8.47. The van der Waals surface area contributed by atoms with E-state index in [4.69, 9.17) is 4.42 Å². The second kappa shape index (κ2) is 3.61. The summed E-state index contributed by atoms with van der Waals surface area (Å²) >= 11 is 1.52. The van der Waals surface area contributed by atoms with Gasteiger partial charge in [0.15, 0.2) is 5.09 Å². The average Bonchev–Trinajstić information content (AvgIpc) is 2.98. The summed E-state index contributed by atoms with van der Waals surface area (Å²) in [6, 6.07) is 5.99. The van der Waals surface area contributed by atoms with Gasteiger partial charge in [-0.2, -0.15) is 0 Å². The summed E-state index contributed by atoms with van der Waals surface area (Å²) in [7, 11) is -1.35. The Hall–Kier alpha value is -1.33. The Morgan fingerprint density at radius 1 is 1.38 bits per heavy atom. The molecule has 0 radical (unpaired) electrons. The number of allylic oxidation sites excluding steroid dienone is 1. The zero-order valence-corrected chi connectivity index (χ0v) is 10.3. The normalized spacial score (nSPS) is 27.7. The van der Waals surface area contributed by atoms with Gasteiger partial charge in [-0.05, 0) is 41.6 Å². The fourth-order valence-corrected chi connectivity index (χ4v) is 5.90. The molecule has 1 aliphatic rings. The van der Waals surface area contributed by atoms with Gasteiger partial charge in [0.1, 0.15) is 0 Å². The van der Waals surface area contributed by atoms with Crippen molar-refractivity contribution in [1.82, 2.24) is 4.37 Å². The topological polar surface area (TPSA) is 38.4 Å². The van der Waals surface area contributed by atoms with Gasteiger partial charge in [-0.25, -0.2) is 4.37 Å². The highest BCUT2D eigenvalue weighted by atomic mass is 32.3. The number of furan rings is 1. The largest absolute Gasteiger partial charge is 0.459 e. The molecule has 2 aromatic rings. The van der Waals surface area contributed by atoms with Crippen molar-refractivity contribution < 1.29 is 4.42 Å². The van der Waals surface area contributed by atoms with Crippen molar-refractivity contribution >= 4 is 27.1 Å². The maximum atomic E-state index is 5.60. The van der Waals surface area contributed by atoms with E-state index in [9.17, 15) is 0 Å². The van der Waals surface area contributed by atoms with Gasteiger partial charge in [-0.15, -0.1) is 0 Å². The summed E-state index contributed by atoms with van der Waals surface area (Å²) in [5.41, 5.74) is 2.01. The van der Waals surface area contributed by atoms with Crippen LogP contribution < -0.4 is 0 Å². The maximum Gasteiger partial charge on any atom is 0.156 e. The summed E-state index contributed by atoms with van der Waals surface area (Å²) < 4.78 is 11.0. The molecular formula is C11H10N2OS2. The van der Waals surface area contributed by atoms with Crippen LogP contribution in [0.3, 0.4) is 0 Å². The van der Waals surface area contributed by atoms with Crippen LogP contribution in [0.1, 0.15) is 6.92 Å². The third-order valence-electron chi connectivity index (χ3n) is 2.53. The number of aromatic nitrogens is 1. The minimum Gasteiger partial charge on any atom is -0.459 e. The van der Waals surface area contributed by atoms with E-state index in [1.165, 1.54) is 20.6 Å². The molecule has 0 saturated heterocycles. The van der Waals surface area contributed by atoms with Crippen molar-refractivity contribution in [3.05, 3.63) is 41.8 Å². The average molecular weight is 250 g/mol. The number of hydrogen-bond donors (Lipinski definition) is 0. The van der Waals surface area contributed by atoms with E-state index in [2.05, 4.69) is 22.4 Å². The van der Waals surface area contributed by atoms with Crippen molar-refractivity contribution in [2.45, 2.75) is 16.2 Å². The third-order valence-corrected chi connectivity index (χ3v) is 7.28. The van der Waals surface area contributed by atoms with Crippen LogP contribution in [0, 0.1) is 0 Å². The van der Waals surface area contributed by atoms with Crippen molar-refractivity contribution in [2.75, 3.05) is 0 Å². The lowest BCUT2D eigenvalue weighted by molar-refractivity contribution is 0.472. The fourth-order valence-electron chi connectivity index (χ4n) is 1.73. The molecule has 0 saturated carbocycles. The van der Waals surface area contributed by atoms with Gasteiger partial charge in [0.05, 0.1) is 16.0 Å². The highest BCUT2D eigenvalue weighted by Crippen LogP contribution is 2.68. The molecule has 0 amide bonds. The zero-order chi connectivity index (χ0) is 11.0. The molecule has 3 rings (SSSR count). The summed E-state index contributed by atoms with van der Waals surface area (Å²) in [5.74, 6) is 0. The van der Waals surface area contributed by atoms with Gasteiger partial charge in [0, 0.05) is 12.4 Å². The molecule has 0 bridgehead atoms. The molecule has 3 heterocycles. The Bertz CT molecular complexity index is 506. The van der Waals surface area contributed by atoms with Crippen molar-refractivity contribution in [3.8, 4) is 0 Å². The van der Waals surface area contributed by atoms with Gasteiger partial charge in [0.25, 0.3) is 0 Å². The minimum atomic E-state index is -1.35. The van der Waals surface area contributed by atoms with Crippen LogP contribution in [0.25, 0.3) is 0 Å². The summed E-state index contributed by atoms with van der Waals surface area (Å²) in [6.07, 6.45) is 5.46. The van der Waals surface area contributed by atoms with Gasteiger partial charge >= 0.3 is 0 Å². The van der Waals surface area contributed by atoms with Crippen LogP contribution in [-0.4, -0.2) is 9.92 Å². The summed E-state index contributed by atoms with van der Waals surface area (Å²) in [6.45, 7) is 2.10. The SMILES string of the molecule is CC1=CN=CS1(c1ccco1)c1ccns1. The molecule has 1 unspecified atom stereocenters. The van der Waals surface area contributed by atoms with Crippen molar-refractivity contribution in [2.24, 2.45) is 4.99 Å². The summed E-state index contributed by atoms with van der Waals surface area (Å²) in [4.78, 5) is 5.54. The van der Waals surface area contributed by atoms with E-state index in [0.29, 0.717) is 0 Å². The molecule has 3 nitrogen and oxygen atoms in total. The number of nitrogens with zero attached hydrogens (tertiary/aromatic N) is 2. The molecule has 0 spiro atoms. The van der Waals surface area contributed by atoms with Gasteiger partial charge in [-0.3, -0.25) is 4.99 Å². The molecule has 2 aromatic heterocycles. The molecule has 1 aliphatic heterocycles. The number of hydrogen-bond acceptors (Lipinski definition) is 4. The second-order valence-corrected chi connectivity index (χ2v) is 7.53. The number of aliphatic imine (C=N–C) groups is 1. The van der Waals surface area contributed by atoms with E-state index in [1.54, 1.807) is 6.26 Å². The lowest BCUT2D eigenvalue weighted by Gasteiger charge is -2.29. The Labute approximate surface area is 99.0 Å². The van der Waals surface area contributed by atoms with Crippen LogP contribution in [0.5, 0.6) is 0 Å². The van der Waals surface area contributed by atoms with E-state index >= 15 is 0 Å². The third kappa shape index (κ3) is 1.22. The predicted octanol–water partition coefficient (Wildman–Crippen LogP) is 3.86. The van der Waals surface area contributed by atoms with Crippen LogP contribution in [0.2, 0.25) is 0 Å². The quantitative estimate of drug-likeness (QED) is 0.811. The Morgan fingerprint density at radius 3 is 2.88 bits per heavy atom. The molecule has 5 heteroatoms. The molecule has 0 aliphatic carbocycles. The van der Waals surface area contributed by atoms with E-state index in [0.717, 1.165) is 5.09 Å². The first-order valence-corrected chi connectivity index (χ1v) is 7.28. The van der Waals surface area contributed by atoms with Crippen molar-refractivity contribution in [3.63, 3.8) is 0 Å². The molecule has 16 heavy (non-hydrogen) atoms. The molecule has 0 aromatic carbocycles. The monoisotopic (exact) mass is 250 g/mol. The molecule has 1 atom stereocenters. The van der Waals surface area contributed by atoms with E-state index in [-0.39, 0.29) is 0 Å². The predicted molar refractivity (Wildman–Crippen MR) is 67.2 cm³/mol. The smallest absolute Gasteiger partial charge is 0.156 e. The molecule has 0 N–H and O–H groups in total. The first-order valence-electron chi connectivity index (χ1n) is 4.82. The lowest BCUT2D eigenvalue weighted by Crippen LogP contribution is -1.98. The first kappa shape index (κ1) is 9.86. The van der Waals surface area contributed by atoms with Gasteiger partial charge in [-0.1, -0.05) is 10.0 Å². The van der Waals surface area contributed by atoms with Gasteiger partial charge < -0.3 is 4.42 Å². The number of rotatable bonds is 2. The molecule has 82 valence electrons. The Balaban J connectivity index is 2.24. The standard InChI is InChI=1S/C11H10N2OS2/c1-9-7-12-8-16(9,10-3-2-6-14-10)11-4-5-13-15-11/h2-8H,1H3. The maximum absolute atomic E-state index is 5.60. The Kier molecular flexibility index (Phi) is 2.22. The second-order valence-electron chi connectivity index (χ2n) is 3.42. The van der Waals surface area contributed by atoms with E-state index in [1.807, 2.05) is 30.1 Å². The molecular weight excluding hydrogens is 240 g/mol. The lowest BCUT2D eigenvalue weighted by atomic mass is 10.7. The fraction of sp³-hybridized carbons (Fsp3) is 0.0909. The first-order chi connectivity index (χ1) is 7.84. The highest BCUT2D eigenvalue weighted by Gasteiger charge is 2.35. The summed E-state index contributed by atoms with van der Waals surface area (Å²) in [5, 5.41) is 0.978. The van der Waals surface area contributed by atoms with Crippen LogP contribution in [-0.2, 0) is 0 Å². The van der Waals surface area contributed by atoms with Crippen LogP contribution in [0.4, 0.5) is 0 Å². The molecule has 0 fully saturated rings. The minimum absolute atomic E-state index is 0.978. The van der Waals surface area contributed by atoms with Crippen LogP contribution >= 0.6 is 21.6 Å². The van der Waals surface area contributed by atoms with Gasteiger partial charge in [0.2, 0.25) is 0 Å². The zero-order valence-electron chi connectivity index (χ0n) is 8.66. The van der Waals surface area contributed by atoms with Crippen LogP contribution in [0.15, 0.2) is 60.5 Å². The Morgan fingerprint density at radius 2 is 2.31 bits per heavy atom. The van der Waals surface area contributed by atoms with E-state index < -0.39 is 10.0 Å². The van der Waals surface area contributed by atoms with Crippen molar-refractivity contribution in [1.29, 1.82) is 0 Å².